The number of nitrogen functional groups attached to an aromatic ring is 1. The summed E-state index contributed by atoms with van der Waals surface area (Å²) in [6.45, 7) is 0.670. The van der Waals surface area contributed by atoms with Gasteiger partial charge in [0.1, 0.15) is 5.82 Å². The zero-order valence-electron chi connectivity index (χ0n) is 11.5. The maximum atomic E-state index is 13.4. The third-order valence-corrected chi connectivity index (χ3v) is 3.48. The van der Waals surface area contributed by atoms with Crippen molar-refractivity contribution in [2.45, 2.75) is 6.42 Å². The summed E-state index contributed by atoms with van der Waals surface area (Å²) >= 11 is 0. The van der Waals surface area contributed by atoms with Gasteiger partial charge >= 0.3 is 0 Å². The van der Waals surface area contributed by atoms with E-state index in [4.69, 9.17) is 5.73 Å². The first-order valence-corrected chi connectivity index (χ1v) is 6.86. The van der Waals surface area contributed by atoms with Gasteiger partial charge in [0.25, 0.3) is 0 Å². The molecule has 2 aromatic carbocycles. The maximum Gasteiger partial charge on any atom is 0.148 e. The van der Waals surface area contributed by atoms with Crippen LogP contribution < -0.4 is 11.1 Å². The van der Waals surface area contributed by atoms with Crippen LogP contribution in [-0.2, 0) is 6.42 Å². The second kappa shape index (κ2) is 5.79. The number of benzene rings is 2. The topological polar surface area (TPSA) is 50.9 Å². The average Bonchev–Trinajstić information content (AvgIpc) is 2.52. The summed E-state index contributed by atoms with van der Waals surface area (Å²) in [5.74, 6) is -0.396. The highest BCUT2D eigenvalue weighted by molar-refractivity contribution is 5.81. The number of para-hydroxylation sites is 2. The predicted molar refractivity (Wildman–Crippen MR) is 84.7 cm³/mol. The molecular formula is C17H16FN3. The summed E-state index contributed by atoms with van der Waals surface area (Å²) in [5.41, 5.74) is 8.66. The van der Waals surface area contributed by atoms with E-state index in [0.717, 1.165) is 22.9 Å². The van der Waals surface area contributed by atoms with Gasteiger partial charge in [0, 0.05) is 18.1 Å². The first-order valence-electron chi connectivity index (χ1n) is 6.86. The molecule has 0 saturated carbocycles. The summed E-state index contributed by atoms with van der Waals surface area (Å²) in [6, 6.07) is 14.9. The van der Waals surface area contributed by atoms with Crippen molar-refractivity contribution in [3.05, 3.63) is 66.1 Å². The van der Waals surface area contributed by atoms with E-state index in [0.29, 0.717) is 12.2 Å². The van der Waals surface area contributed by atoms with E-state index in [1.165, 1.54) is 6.07 Å². The molecule has 0 aliphatic carbocycles. The zero-order valence-corrected chi connectivity index (χ0v) is 11.5. The number of hydrogen-bond acceptors (Lipinski definition) is 3. The Hall–Kier alpha value is -2.62. The lowest BCUT2D eigenvalue weighted by molar-refractivity contribution is 0.633. The number of nitrogens with two attached hydrogens (primary N) is 1. The summed E-state index contributed by atoms with van der Waals surface area (Å²) in [5, 5.41) is 4.30. The minimum Gasteiger partial charge on any atom is -0.395 e. The maximum absolute atomic E-state index is 13.4. The predicted octanol–water partition coefficient (Wildman–Crippen LogP) is 3.61. The Morgan fingerprint density at radius 2 is 1.86 bits per heavy atom. The number of nitrogens with one attached hydrogen (secondary N) is 1. The van der Waals surface area contributed by atoms with Gasteiger partial charge < -0.3 is 11.1 Å². The van der Waals surface area contributed by atoms with Crippen LogP contribution in [0.4, 0.5) is 15.8 Å². The molecule has 1 aromatic heterocycles. The fourth-order valence-corrected chi connectivity index (χ4v) is 2.39. The Morgan fingerprint density at radius 1 is 1.05 bits per heavy atom. The SMILES string of the molecule is Nc1c(F)cccc1NCCc1cccc2cccnc12. The highest BCUT2D eigenvalue weighted by Crippen LogP contribution is 2.21. The summed E-state index contributed by atoms with van der Waals surface area (Å²) in [6.07, 6.45) is 2.59. The van der Waals surface area contributed by atoms with E-state index < -0.39 is 5.82 Å². The molecule has 3 aromatic rings. The Bertz CT molecular complexity index is 766. The van der Waals surface area contributed by atoms with Crippen LogP contribution in [0.25, 0.3) is 10.9 Å². The third kappa shape index (κ3) is 2.79. The molecule has 0 radical (unpaired) electrons. The Morgan fingerprint density at radius 3 is 2.76 bits per heavy atom. The quantitative estimate of drug-likeness (QED) is 0.718. The first-order chi connectivity index (χ1) is 10.3. The van der Waals surface area contributed by atoms with Gasteiger partial charge in [-0.05, 0) is 30.2 Å². The molecule has 0 bridgehead atoms. The molecule has 0 spiro atoms. The number of pyridine rings is 1. The van der Waals surface area contributed by atoms with Gasteiger partial charge in [-0.2, -0.15) is 0 Å². The summed E-state index contributed by atoms with van der Waals surface area (Å²) in [7, 11) is 0. The van der Waals surface area contributed by atoms with Gasteiger partial charge in [0.2, 0.25) is 0 Å². The molecule has 0 saturated heterocycles. The van der Waals surface area contributed by atoms with Crippen LogP contribution in [0.2, 0.25) is 0 Å². The smallest absolute Gasteiger partial charge is 0.148 e. The molecule has 1 heterocycles. The summed E-state index contributed by atoms with van der Waals surface area (Å²) in [4.78, 5) is 4.43. The van der Waals surface area contributed by atoms with Gasteiger partial charge in [0.05, 0.1) is 16.9 Å². The minimum atomic E-state index is -0.396. The van der Waals surface area contributed by atoms with Crippen LogP contribution in [0.15, 0.2) is 54.7 Å². The Labute approximate surface area is 122 Å². The van der Waals surface area contributed by atoms with Crippen molar-refractivity contribution < 1.29 is 4.39 Å². The highest BCUT2D eigenvalue weighted by Gasteiger charge is 2.05. The van der Waals surface area contributed by atoms with E-state index >= 15 is 0 Å². The van der Waals surface area contributed by atoms with Gasteiger partial charge in [-0.15, -0.1) is 0 Å². The number of fused-ring (bicyclic) bond motifs is 1. The van der Waals surface area contributed by atoms with Crippen LogP contribution in [0.3, 0.4) is 0 Å². The molecule has 21 heavy (non-hydrogen) atoms. The van der Waals surface area contributed by atoms with Gasteiger partial charge in [-0.3, -0.25) is 4.98 Å². The van der Waals surface area contributed by atoms with Crippen LogP contribution >= 0.6 is 0 Å². The van der Waals surface area contributed by atoms with E-state index in [-0.39, 0.29) is 5.69 Å². The molecule has 4 heteroatoms. The molecule has 0 aliphatic rings. The fourth-order valence-electron chi connectivity index (χ4n) is 2.39. The highest BCUT2D eigenvalue weighted by atomic mass is 19.1. The normalized spacial score (nSPS) is 10.7. The summed E-state index contributed by atoms with van der Waals surface area (Å²) < 4.78 is 13.4. The lowest BCUT2D eigenvalue weighted by atomic mass is 10.1. The van der Waals surface area contributed by atoms with Gasteiger partial charge in [-0.1, -0.05) is 30.3 Å². The first kappa shape index (κ1) is 13.4. The minimum absolute atomic E-state index is 0.161. The average molecular weight is 281 g/mol. The fraction of sp³-hybridized carbons (Fsp3) is 0.118. The second-order valence-electron chi connectivity index (χ2n) is 4.87. The largest absolute Gasteiger partial charge is 0.395 e. The van der Waals surface area contributed by atoms with E-state index in [1.54, 1.807) is 18.3 Å². The molecular weight excluding hydrogens is 265 g/mol. The molecule has 0 atom stereocenters. The zero-order chi connectivity index (χ0) is 14.7. The number of nitrogens with zero attached hydrogens (tertiary/aromatic N) is 1. The molecule has 3 rings (SSSR count). The van der Waals surface area contributed by atoms with Crippen molar-refractivity contribution >= 4 is 22.3 Å². The lowest BCUT2D eigenvalue weighted by Gasteiger charge is -2.10. The van der Waals surface area contributed by atoms with Crippen molar-refractivity contribution in [1.82, 2.24) is 4.98 Å². The van der Waals surface area contributed by atoms with Crippen molar-refractivity contribution in [3.8, 4) is 0 Å². The molecule has 0 fully saturated rings. The van der Waals surface area contributed by atoms with Crippen molar-refractivity contribution in [3.63, 3.8) is 0 Å². The lowest BCUT2D eigenvalue weighted by Crippen LogP contribution is -2.08. The number of rotatable bonds is 4. The molecule has 0 aliphatic heterocycles. The van der Waals surface area contributed by atoms with Crippen molar-refractivity contribution in [2.75, 3.05) is 17.6 Å². The monoisotopic (exact) mass is 281 g/mol. The Balaban J connectivity index is 1.74. The molecule has 0 amide bonds. The third-order valence-electron chi connectivity index (χ3n) is 3.48. The van der Waals surface area contributed by atoms with Crippen molar-refractivity contribution in [1.29, 1.82) is 0 Å². The number of hydrogen-bond donors (Lipinski definition) is 2. The Kier molecular flexibility index (Phi) is 3.69. The van der Waals surface area contributed by atoms with Crippen LogP contribution in [0.1, 0.15) is 5.56 Å². The molecule has 3 N–H and O–H groups in total. The van der Waals surface area contributed by atoms with Crippen LogP contribution in [-0.4, -0.2) is 11.5 Å². The van der Waals surface area contributed by atoms with Gasteiger partial charge in [-0.25, -0.2) is 4.39 Å². The van der Waals surface area contributed by atoms with Gasteiger partial charge in [0.15, 0.2) is 0 Å². The number of anilines is 2. The van der Waals surface area contributed by atoms with E-state index in [9.17, 15) is 4.39 Å². The van der Waals surface area contributed by atoms with Crippen LogP contribution in [0.5, 0.6) is 0 Å². The molecule has 0 unspecified atom stereocenters. The van der Waals surface area contributed by atoms with E-state index in [1.807, 2.05) is 24.3 Å². The number of halogens is 1. The second-order valence-corrected chi connectivity index (χ2v) is 4.87. The number of aromatic nitrogens is 1. The molecule has 106 valence electrons. The standard InChI is InChI=1S/C17H16FN3/c18-14-7-2-8-15(16(14)19)20-11-9-13-5-1-4-12-6-3-10-21-17(12)13/h1-8,10,20H,9,11,19H2. The van der Waals surface area contributed by atoms with Crippen LogP contribution in [0, 0.1) is 5.82 Å². The van der Waals surface area contributed by atoms with Crippen molar-refractivity contribution in [2.24, 2.45) is 0 Å². The molecule has 3 nitrogen and oxygen atoms in total. The van der Waals surface area contributed by atoms with E-state index in [2.05, 4.69) is 16.4 Å².